The molecule has 4 saturated carbocycles. The number of nitro benzene ring substituents is 1. The molecule has 30 heavy (non-hydrogen) atoms. The van der Waals surface area contributed by atoms with Gasteiger partial charge in [0.2, 0.25) is 5.82 Å². The van der Waals surface area contributed by atoms with Crippen molar-refractivity contribution in [3.63, 3.8) is 0 Å². The van der Waals surface area contributed by atoms with Crippen LogP contribution in [0, 0.1) is 32.7 Å². The largest absolute Gasteiger partial charge is 0.456 e. The molecule has 2 atom stereocenters. The van der Waals surface area contributed by atoms with Crippen LogP contribution < -0.4 is 4.74 Å². The van der Waals surface area contributed by atoms with Gasteiger partial charge in [-0.3, -0.25) is 10.1 Å². The zero-order chi connectivity index (χ0) is 21.3. The highest BCUT2D eigenvalue weighted by Crippen LogP contribution is 2.70. The number of halogens is 2. The van der Waals surface area contributed by atoms with Crippen LogP contribution in [0.2, 0.25) is 5.02 Å². The van der Waals surface area contributed by atoms with E-state index in [4.69, 9.17) is 16.3 Å². The van der Waals surface area contributed by atoms with E-state index in [-0.39, 0.29) is 11.2 Å². The van der Waals surface area contributed by atoms with Gasteiger partial charge in [0, 0.05) is 12.1 Å². The Balaban J connectivity index is 1.43. The molecule has 0 aliphatic heterocycles. The number of rotatable bonds is 4. The fraction of sp³-hybridized carbons (Fsp3) is 0.500. The van der Waals surface area contributed by atoms with E-state index in [1.165, 1.54) is 50.2 Å². The monoisotopic (exact) mass is 429 g/mol. The van der Waals surface area contributed by atoms with Gasteiger partial charge in [0.05, 0.1) is 9.95 Å². The second-order valence-corrected chi connectivity index (χ2v) is 10.9. The Morgan fingerprint density at radius 3 is 2.33 bits per heavy atom. The van der Waals surface area contributed by atoms with E-state index in [1.807, 2.05) is 12.1 Å². The minimum absolute atomic E-state index is 0.171. The topological polar surface area (TPSA) is 52.4 Å². The van der Waals surface area contributed by atoms with Gasteiger partial charge >= 0.3 is 5.69 Å². The molecule has 0 amide bonds. The Bertz CT molecular complexity index is 1040. The fourth-order valence-electron chi connectivity index (χ4n) is 7.51. The third kappa shape index (κ3) is 3.18. The molecular formula is C24H25ClFNO3. The normalized spacial score (nSPS) is 34.2. The molecule has 0 aromatic heterocycles. The van der Waals surface area contributed by atoms with Crippen LogP contribution in [0.15, 0.2) is 36.4 Å². The molecule has 0 heterocycles. The number of benzene rings is 2. The lowest BCUT2D eigenvalue weighted by Crippen LogP contribution is -2.56. The van der Waals surface area contributed by atoms with E-state index in [1.54, 1.807) is 0 Å². The third-order valence-electron chi connectivity index (χ3n) is 7.51. The van der Waals surface area contributed by atoms with E-state index >= 15 is 0 Å². The molecule has 6 heteroatoms. The zero-order valence-electron chi connectivity index (χ0n) is 17.2. The van der Waals surface area contributed by atoms with Gasteiger partial charge in [0.25, 0.3) is 0 Å². The summed E-state index contributed by atoms with van der Waals surface area (Å²) >= 11 is 6.58. The molecule has 0 radical (unpaired) electrons. The minimum atomic E-state index is -0.930. The first kappa shape index (κ1) is 19.8. The van der Waals surface area contributed by atoms with Crippen molar-refractivity contribution < 1.29 is 14.1 Å². The summed E-state index contributed by atoms with van der Waals surface area (Å²) in [6.45, 7) is 4.90. The van der Waals surface area contributed by atoms with Crippen LogP contribution in [0.3, 0.4) is 0 Å². The molecule has 2 unspecified atom stereocenters. The predicted octanol–water partition coefficient (Wildman–Crippen LogP) is 7.43. The van der Waals surface area contributed by atoms with Crippen LogP contribution in [-0.4, -0.2) is 4.92 Å². The average Bonchev–Trinajstić information content (AvgIpc) is 2.60. The first-order chi connectivity index (χ1) is 14.1. The van der Waals surface area contributed by atoms with Gasteiger partial charge in [-0.05, 0) is 84.5 Å². The third-order valence-corrected chi connectivity index (χ3v) is 7.81. The predicted molar refractivity (Wildman–Crippen MR) is 114 cm³/mol. The van der Waals surface area contributed by atoms with Crippen LogP contribution in [-0.2, 0) is 5.41 Å². The standard InChI is InChI=1S/C24H25ClFNO3/c1-22-9-15-10-23(2,12-22)14-24(11-15,13-22)16-3-6-21(18(25)7-16)30-17-4-5-20(27(28)29)19(26)8-17/h3-8,15H,9-14H2,1-2H3. The van der Waals surface area contributed by atoms with Crippen LogP contribution in [0.4, 0.5) is 10.1 Å². The van der Waals surface area contributed by atoms with E-state index < -0.39 is 16.4 Å². The van der Waals surface area contributed by atoms with E-state index in [9.17, 15) is 14.5 Å². The van der Waals surface area contributed by atoms with Crippen LogP contribution in [0.5, 0.6) is 11.5 Å². The van der Waals surface area contributed by atoms with Crippen molar-refractivity contribution in [2.24, 2.45) is 16.7 Å². The first-order valence-corrected chi connectivity index (χ1v) is 10.9. The maximum absolute atomic E-state index is 13.9. The molecule has 158 valence electrons. The van der Waals surface area contributed by atoms with Crippen LogP contribution >= 0.6 is 11.6 Å². The summed E-state index contributed by atoms with van der Waals surface area (Å²) < 4.78 is 19.7. The van der Waals surface area contributed by atoms with E-state index in [2.05, 4.69) is 19.9 Å². The van der Waals surface area contributed by atoms with Gasteiger partial charge in [0.15, 0.2) is 0 Å². The highest BCUT2D eigenvalue weighted by molar-refractivity contribution is 6.32. The van der Waals surface area contributed by atoms with Gasteiger partial charge < -0.3 is 4.74 Å². The van der Waals surface area contributed by atoms with Crippen LogP contribution in [0.1, 0.15) is 57.9 Å². The van der Waals surface area contributed by atoms with Crippen molar-refractivity contribution >= 4 is 17.3 Å². The van der Waals surface area contributed by atoms with Gasteiger partial charge in [-0.25, -0.2) is 0 Å². The lowest BCUT2D eigenvalue weighted by molar-refractivity contribution is -0.387. The van der Waals surface area contributed by atoms with Crippen LogP contribution in [0.25, 0.3) is 0 Å². The Kier molecular flexibility index (Phi) is 4.24. The summed E-state index contributed by atoms with van der Waals surface area (Å²) in [7, 11) is 0. The fourth-order valence-corrected chi connectivity index (χ4v) is 7.73. The average molecular weight is 430 g/mol. The molecule has 6 rings (SSSR count). The second kappa shape index (κ2) is 6.43. The lowest BCUT2D eigenvalue weighted by Gasteiger charge is -2.65. The molecule has 4 aliphatic rings. The van der Waals surface area contributed by atoms with E-state index in [0.717, 1.165) is 18.1 Å². The number of hydrogen-bond acceptors (Lipinski definition) is 3. The van der Waals surface area contributed by atoms with Crippen molar-refractivity contribution in [2.75, 3.05) is 0 Å². The molecule has 4 bridgehead atoms. The van der Waals surface area contributed by atoms with Gasteiger partial charge in [-0.15, -0.1) is 0 Å². The van der Waals surface area contributed by atoms with Crippen molar-refractivity contribution in [3.8, 4) is 11.5 Å². The van der Waals surface area contributed by atoms with Crippen molar-refractivity contribution in [3.05, 3.63) is 62.9 Å². The maximum atomic E-state index is 13.9. The van der Waals surface area contributed by atoms with Crippen molar-refractivity contribution in [1.82, 2.24) is 0 Å². The maximum Gasteiger partial charge on any atom is 0.305 e. The smallest absolute Gasteiger partial charge is 0.305 e. The number of nitrogens with zero attached hydrogens (tertiary/aromatic N) is 1. The number of ether oxygens (including phenoxy) is 1. The number of nitro groups is 1. The summed E-state index contributed by atoms with van der Waals surface area (Å²) in [6, 6.07) is 9.46. The molecular weight excluding hydrogens is 405 g/mol. The van der Waals surface area contributed by atoms with Gasteiger partial charge in [-0.1, -0.05) is 31.5 Å². The Labute approximate surface area is 180 Å². The Hall–Kier alpha value is -2.14. The molecule has 0 spiro atoms. The highest BCUT2D eigenvalue weighted by atomic mass is 35.5. The molecule has 4 aliphatic carbocycles. The summed E-state index contributed by atoms with van der Waals surface area (Å²) in [5.74, 6) is 0.465. The molecule has 2 aromatic carbocycles. The Morgan fingerprint density at radius 1 is 1.07 bits per heavy atom. The second-order valence-electron chi connectivity index (χ2n) is 10.5. The van der Waals surface area contributed by atoms with Gasteiger partial charge in [-0.2, -0.15) is 4.39 Å². The van der Waals surface area contributed by atoms with E-state index in [0.29, 0.717) is 21.6 Å². The Morgan fingerprint density at radius 2 is 1.77 bits per heavy atom. The minimum Gasteiger partial charge on any atom is -0.456 e. The lowest BCUT2D eigenvalue weighted by atomic mass is 9.39. The summed E-state index contributed by atoms with van der Waals surface area (Å²) in [5.41, 5.74) is 1.69. The highest BCUT2D eigenvalue weighted by Gasteiger charge is 2.60. The summed E-state index contributed by atoms with van der Waals surface area (Å²) in [5, 5.41) is 11.3. The molecule has 4 nitrogen and oxygen atoms in total. The first-order valence-electron chi connectivity index (χ1n) is 10.5. The van der Waals surface area contributed by atoms with Crippen molar-refractivity contribution in [1.29, 1.82) is 0 Å². The zero-order valence-corrected chi connectivity index (χ0v) is 18.0. The SMILES string of the molecule is CC12CC3CC(C)(C1)CC(c1ccc(Oc4ccc([N+](=O)[O-])c(F)c4)c(Cl)c1)(C3)C2. The molecule has 2 aromatic rings. The quantitative estimate of drug-likeness (QED) is 0.375. The molecule has 4 fully saturated rings. The molecule has 0 saturated heterocycles. The number of hydrogen-bond donors (Lipinski definition) is 0. The molecule has 0 N–H and O–H groups in total. The summed E-state index contributed by atoms with van der Waals surface area (Å²) in [6.07, 6.45) is 7.63. The van der Waals surface area contributed by atoms with Gasteiger partial charge in [0.1, 0.15) is 11.5 Å². The van der Waals surface area contributed by atoms with Crippen molar-refractivity contribution in [2.45, 2.75) is 57.8 Å². The summed E-state index contributed by atoms with van der Waals surface area (Å²) in [4.78, 5) is 10.0.